The van der Waals surface area contributed by atoms with Crippen LogP contribution in [0.25, 0.3) is 0 Å². The molecule has 1 aromatic heterocycles. The highest BCUT2D eigenvalue weighted by molar-refractivity contribution is 7.16. The number of hydrogen-bond donors (Lipinski definition) is 1. The first kappa shape index (κ1) is 13.9. The van der Waals surface area contributed by atoms with Gasteiger partial charge in [0.2, 0.25) is 0 Å². The van der Waals surface area contributed by atoms with Crippen LogP contribution in [-0.2, 0) is 6.42 Å². The minimum Gasteiger partial charge on any atom is -0.309 e. The number of thiophene rings is 1. The summed E-state index contributed by atoms with van der Waals surface area (Å²) in [5.41, 5.74) is 0.434. The van der Waals surface area contributed by atoms with E-state index in [2.05, 4.69) is 16.3 Å². The second kappa shape index (κ2) is 6.13. The van der Waals surface area contributed by atoms with E-state index < -0.39 is 0 Å². The van der Waals surface area contributed by atoms with Crippen molar-refractivity contribution in [2.24, 2.45) is 0 Å². The van der Waals surface area contributed by atoms with Gasteiger partial charge >= 0.3 is 0 Å². The zero-order valence-electron chi connectivity index (χ0n) is 11.5. The van der Waals surface area contributed by atoms with Crippen molar-refractivity contribution in [3.63, 3.8) is 0 Å². The van der Waals surface area contributed by atoms with Crippen LogP contribution in [0.2, 0.25) is 4.34 Å². The molecule has 1 saturated heterocycles. The molecule has 2 aliphatic rings. The lowest BCUT2D eigenvalue weighted by Crippen LogP contribution is -2.61. The maximum Gasteiger partial charge on any atom is 0.0931 e. The van der Waals surface area contributed by atoms with Gasteiger partial charge < -0.3 is 5.32 Å². The van der Waals surface area contributed by atoms with Crippen LogP contribution >= 0.6 is 22.9 Å². The third-order valence-corrected chi connectivity index (χ3v) is 5.86. The van der Waals surface area contributed by atoms with Crippen molar-refractivity contribution in [1.29, 1.82) is 0 Å². The average Bonchev–Trinajstić information content (AvgIpc) is 2.83. The first-order chi connectivity index (χ1) is 9.26. The molecule has 4 heteroatoms. The lowest BCUT2D eigenvalue weighted by molar-refractivity contribution is 0.100. The van der Waals surface area contributed by atoms with Crippen molar-refractivity contribution in [3.8, 4) is 0 Å². The number of hydrogen-bond acceptors (Lipinski definition) is 3. The normalized spacial score (nSPS) is 23.8. The van der Waals surface area contributed by atoms with Gasteiger partial charge in [0.05, 0.1) is 4.34 Å². The predicted molar refractivity (Wildman–Crippen MR) is 83.3 cm³/mol. The fraction of sp³-hybridized carbons (Fsp3) is 0.733. The number of nitrogens with one attached hydrogen (secondary N) is 1. The predicted octanol–water partition coefficient (Wildman–Crippen LogP) is 3.55. The Bertz CT molecular complexity index is 407. The summed E-state index contributed by atoms with van der Waals surface area (Å²) in [4.78, 5) is 4.07. The molecule has 0 atom stereocenters. The zero-order valence-corrected chi connectivity index (χ0v) is 13.0. The van der Waals surface area contributed by atoms with Crippen molar-refractivity contribution in [1.82, 2.24) is 10.2 Å². The minimum atomic E-state index is 0.434. The molecule has 1 aromatic rings. The highest BCUT2D eigenvalue weighted by Gasteiger charge is 2.35. The van der Waals surface area contributed by atoms with Crippen molar-refractivity contribution >= 4 is 22.9 Å². The number of rotatable bonds is 3. The Morgan fingerprint density at radius 2 is 2.11 bits per heavy atom. The van der Waals surface area contributed by atoms with E-state index >= 15 is 0 Å². The monoisotopic (exact) mass is 298 g/mol. The second-order valence-corrected chi connectivity index (χ2v) is 7.80. The highest BCUT2D eigenvalue weighted by atomic mass is 35.5. The van der Waals surface area contributed by atoms with Crippen LogP contribution in [-0.4, -0.2) is 36.6 Å². The van der Waals surface area contributed by atoms with Gasteiger partial charge in [0, 0.05) is 36.6 Å². The summed E-state index contributed by atoms with van der Waals surface area (Å²) >= 11 is 7.72. The number of piperazine rings is 1. The van der Waals surface area contributed by atoms with Gasteiger partial charge in [-0.05, 0) is 31.4 Å². The van der Waals surface area contributed by atoms with Gasteiger partial charge in [-0.3, -0.25) is 4.90 Å². The molecule has 106 valence electrons. The smallest absolute Gasteiger partial charge is 0.0931 e. The van der Waals surface area contributed by atoms with Gasteiger partial charge in [-0.1, -0.05) is 30.9 Å². The van der Waals surface area contributed by atoms with Crippen LogP contribution in [0.4, 0.5) is 0 Å². The SMILES string of the molecule is Clc1ccc(CCN2CCNC3(CCCCC3)C2)s1. The molecule has 19 heavy (non-hydrogen) atoms. The molecular weight excluding hydrogens is 276 g/mol. The Labute approximate surface area is 125 Å². The van der Waals surface area contributed by atoms with Gasteiger partial charge in [0.25, 0.3) is 0 Å². The topological polar surface area (TPSA) is 15.3 Å². The molecule has 1 saturated carbocycles. The third-order valence-electron chi connectivity index (χ3n) is 4.57. The maximum absolute atomic E-state index is 5.99. The molecule has 1 aliphatic carbocycles. The van der Waals surface area contributed by atoms with Crippen molar-refractivity contribution in [3.05, 3.63) is 21.3 Å². The summed E-state index contributed by atoms with van der Waals surface area (Å²) in [5, 5.41) is 3.81. The number of halogens is 1. The molecule has 2 fully saturated rings. The molecule has 2 nitrogen and oxygen atoms in total. The molecule has 1 aliphatic heterocycles. The van der Waals surface area contributed by atoms with Gasteiger partial charge in [-0.2, -0.15) is 0 Å². The van der Waals surface area contributed by atoms with Crippen molar-refractivity contribution in [2.75, 3.05) is 26.2 Å². The minimum absolute atomic E-state index is 0.434. The lowest BCUT2D eigenvalue weighted by atomic mass is 9.80. The van der Waals surface area contributed by atoms with Gasteiger partial charge in [0.1, 0.15) is 0 Å². The van der Waals surface area contributed by atoms with Crippen LogP contribution in [0.3, 0.4) is 0 Å². The van der Waals surface area contributed by atoms with Crippen molar-refractivity contribution in [2.45, 2.75) is 44.1 Å². The molecule has 0 unspecified atom stereocenters. The maximum atomic E-state index is 5.99. The van der Waals surface area contributed by atoms with Gasteiger partial charge in [0.15, 0.2) is 0 Å². The highest BCUT2D eigenvalue weighted by Crippen LogP contribution is 2.30. The first-order valence-corrected chi connectivity index (χ1v) is 8.67. The Kier molecular flexibility index (Phi) is 4.47. The molecule has 3 rings (SSSR count). The Morgan fingerprint density at radius 3 is 2.84 bits per heavy atom. The van der Waals surface area contributed by atoms with Crippen LogP contribution in [0, 0.1) is 0 Å². The van der Waals surface area contributed by atoms with Crippen molar-refractivity contribution < 1.29 is 0 Å². The zero-order chi connectivity index (χ0) is 13.1. The fourth-order valence-electron chi connectivity index (χ4n) is 3.55. The van der Waals surface area contributed by atoms with E-state index in [9.17, 15) is 0 Å². The largest absolute Gasteiger partial charge is 0.309 e. The summed E-state index contributed by atoms with van der Waals surface area (Å²) in [5.74, 6) is 0. The van der Waals surface area contributed by atoms with E-state index in [4.69, 9.17) is 11.6 Å². The summed E-state index contributed by atoms with van der Waals surface area (Å²) in [6.45, 7) is 4.78. The van der Waals surface area contributed by atoms with E-state index in [1.54, 1.807) is 11.3 Å². The summed E-state index contributed by atoms with van der Waals surface area (Å²) in [6.07, 6.45) is 8.12. The quantitative estimate of drug-likeness (QED) is 0.918. The first-order valence-electron chi connectivity index (χ1n) is 7.47. The lowest BCUT2D eigenvalue weighted by Gasteiger charge is -2.46. The second-order valence-electron chi connectivity index (χ2n) is 6.00. The standard InChI is InChI=1S/C15H23ClN2S/c16-14-5-4-13(19-14)6-10-18-11-9-17-15(12-18)7-2-1-3-8-15/h4-5,17H,1-3,6-12H2. The van der Waals surface area contributed by atoms with E-state index in [-0.39, 0.29) is 0 Å². The molecule has 1 N–H and O–H groups in total. The summed E-state index contributed by atoms with van der Waals surface area (Å²) in [7, 11) is 0. The van der Waals surface area contributed by atoms with Crippen LogP contribution in [0.1, 0.15) is 37.0 Å². The Balaban J connectivity index is 1.53. The number of nitrogens with zero attached hydrogens (tertiary/aromatic N) is 1. The van der Waals surface area contributed by atoms with Crippen LogP contribution in [0.5, 0.6) is 0 Å². The molecule has 0 radical (unpaired) electrons. The molecule has 0 aromatic carbocycles. The summed E-state index contributed by atoms with van der Waals surface area (Å²) < 4.78 is 0.916. The average molecular weight is 299 g/mol. The molecule has 2 heterocycles. The molecule has 0 amide bonds. The summed E-state index contributed by atoms with van der Waals surface area (Å²) in [6, 6.07) is 4.19. The van der Waals surface area contributed by atoms with Gasteiger partial charge in [-0.25, -0.2) is 0 Å². The van der Waals surface area contributed by atoms with E-state index in [1.807, 2.05) is 6.07 Å². The van der Waals surface area contributed by atoms with Gasteiger partial charge in [-0.15, -0.1) is 11.3 Å². The van der Waals surface area contributed by atoms with E-state index in [1.165, 1.54) is 56.6 Å². The Morgan fingerprint density at radius 1 is 1.26 bits per heavy atom. The van der Waals surface area contributed by atoms with E-state index in [0.717, 1.165) is 17.3 Å². The van der Waals surface area contributed by atoms with E-state index in [0.29, 0.717) is 5.54 Å². The Hall–Kier alpha value is -0.0900. The third kappa shape index (κ3) is 3.52. The molecule has 0 bridgehead atoms. The molecule has 1 spiro atoms. The van der Waals surface area contributed by atoms with Crippen LogP contribution in [0.15, 0.2) is 12.1 Å². The molecular formula is C15H23ClN2S. The fourth-order valence-corrected chi connectivity index (χ4v) is 4.63. The van der Waals surface area contributed by atoms with Crippen LogP contribution < -0.4 is 5.32 Å².